The van der Waals surface area contributed by atoms with Gasteiger partial charge < -0.3 is 4.74 Å². The molecule has 1 aliphatic heterocycles. The van der Waals surface area contributed by atoms with Gasteiger partial charge in [-0.15, -0.1) is 11.3 Å². The summed E-state index contributed by atoms with van der Waals surface area (Å²) in [5.41, 5.74) is 0. The Kier molecular flexibility index (Phi) is 2.45. The Bertz CT molecular complexity index is 208. The van der Waals surface area contributed by atoms with E-state index in [2.05, 4.69) is 4.98 Å². The molecule has 0 saturated carbocycles. The molecule has 0 radical (unpaired) electrons. The molecule has 1 aromatic rings. The maximum atomic E-state index is 5.07. The first kappa shape index (κ1) is 7.58. The van der Waals surface area contributed by atoms with Crippen molar-refractivity contribution in [2.45, 2.75) is 4.34 Å². The summed E-state index contributed by atoms with van der Waals surface area (Å²) in [5, 5.41) is 2.01. The van der Waals surface area contributed by atoms with Crippen LogP contribution in [0.2, 0.25) is 0 Å². The largest absolute Gasteiger partial charge is 0.381 e. The van der Waals surface area contributed by atoms with Crippen LogP contribution in [0.1, 0.15) is 0 Å². The highest BCUT2D eigenvalue weighted by Gasteiger charge is 2.18. The average Bonchev–Trinajstić information content (AvgIpc) is 2.36. The van der Waals surface area contributed by atoms with Gasteiger partial charge in [0.2, 0.25) is 0 Å². The SMILES string of the molecule is c1csc(SCC2COC2)n1. The molecule has 2 nitrogen and oxygen atoms in total. The molecular formula is C7H9NOS2. The summed E-state index contributed by atoms with van der Waals surface area (Å²) in [5.74, 6) is 1.93. The van der Waals surface area contributed by atoms with Gasteiger partial charge in [0, 0.05) is 23.2 Å². The molecule has 60 valence electrons. The van der Waals surface area contributed by atoms with Crippen molar-refractivity contribution in [3.05, 3.63) is 11.6 Å². The summed E-state index contributed by atoms with van der Waals surface area (Å²) in [6.45, 7) is 1.89. The van der Waals surface area contributed by atoms with E-state index in [9.17, 15) is 0 Å². The van der Waals surface area contributed by atoms with Gasteiger partial charge in [-0.1, -0.05) is 11.8 Å². The van der Waals surface area contributed by atoms with E-state index in [1.54, 1.807) is 11.3 Å². The van der Waals surface area contributed by atoms with Crippen LogP contribution in [-0.4, -0.2) is 24.0 Å². The third-order valence-corrected chi connectivity index (χ3v) is 3.76. The molecule has 11 heavy (non-hydrogen) atoms. The highest BCUT2D eigenvalue weighted by molar-refractivity contribution is 8.01. The van der Waals surface area contributed by atoms with Crippen molar-refractivity contribution in [2.75, 3.05) is 19.0 Å². The number of thiazole rings is 1. The van der Waals surface area contributed by atoms with Gasteiger partial charge in [-0.25, -0.2) is 4.98 Å². The Morgan fingerprint density at radius 1 is 1.73 bits per heavy atom. The molecule has 0 aliphatic carbocycles. The van der Waals surface area contributed by atoms with E-state index in [0.29, 0.717) is 0 Å². The molecule has 2 rings (SSSR count). The number of hydrogen-bond donors (Lipinski definition) is 0. The zero-order chi connectivity index (χ0) is 7.52. The molecule has 0 bridgehead atoms. The van der Waals surface area contributed by atoms with Crippen LogP contribution in [0.3, 0.4) is 0 Å². The maximum Gasteiger partial charge on any atom is 0.149 e. The second-order valence-electron chi connectivity index (χ2n) is 2.51. The van der Waals surface area contributed by atoms with Crippen molar-refractivity contribution >= 4 is 23.1 Å². The topological polar surface area (TPSA) is 22.1 Å². The molecule has 0 aromatic carbocycles. The molecule has 4 heteroatoms. The minimum atomic E-state index is 0.767. The second kappa shape index (κ2) is 3.56. The Balaban J connectivity index is 1.74. The predicted molar refractivity (Wildman–Crippen MR) is 47.1 cm³/mol. The normalized spacial score (nSPS) is 18.2. The highest BCUT2D eigenvalue weighted by Crippen LogP contribution is 2.25. The molecule has 0 N–H and O–H groups in total. The number of aromatic nitrogens is 1. The first-order chi connectivity index (χ1) is 5.45. The number of hydrogen-bond acceptors (Lipinski definition) is 4. The Hall–Kier alpha value is -0.0600. The van der Waals surface area contributed by atoms with Crippen molar-refractivity contribution in [1.29, 1.82) is 0 Å². The summed E-state index contributed by atoms with van der Waals surface area (Å²) in [6, 6.07) is 0. The van der Waals surface area contributed by atoms with Crippen LogP contribution in [0.5, 0.6) is 0 Å². The zero-order valence-corrected chi connectivity index (χ0v) is 7.66. The van der Waals surface area contributed by atoms with Crippen LogP contribution in [0, 0.1) is 5.92 Å². The summed E-state index contributed by atoms with van der Waals surface area (Å²) in [7, 11) is 0. The number of ether oxygens (including phenoxy) is 1. The molecule has 1 fully saturated rings. The van der Waals surface area contributed by atoms with Crippen molar-refractivity contribution in [3.8, 4) is 0 Å². The molecule has 0 atom stereocenters. The predicted octanol–water partition coefficient (Wildman–Crippen LogP) is 1.88. The van der Waals surface area contributed by atoms with Crippen LogP contribution in [0.25, 0.3) is 0 Å². The van der Waals surface area contributed by atoms with Gasteiger partial charge in [0.1, 0.15) is 4.34 Å². The highest BCUT2D eigenvalue weighted by atomic mass is 32.2. The summed E-state index contributed by atoms with van der Waals surface area (Å²) in [6.07, 6.45) is 1.85. The van der Waals surface area contributed by atoms with Crippen molar-refractivity contribution < 1.29 is 4.74 Å². The van der Waals surface area contributed by atoms with Gasteiger partial charge in [-0.3, -0.25) is 0 Å². The van der Waals surface area contributed by atoms with E-state index in [1.807, 2.05) is 23.3 Å². The van der Waals surface area contributed by atoms with E-state index in [1.165, 1.54) is 4.34 Å². The minimum Gasteiger partial charge on any atom is -0.381 e. The van der Waals surface area contributed by atoms with Crippen molar-refractivity contribution in [3.63, 3.8) is 0 Å². The molecule has 0 spiro atoms. The number of rotatable bonds is 3. The van der Waals surface area contributed by atoms with Gasteiger partial charge in [0.25, 0.3) is 0 Å². The fourth-order valence-electron chi connectivity index (χ4n) is 0.852. The lowest BCUT2D eigenvalue weighted by Crippen LogP contribution is -2.29. The third kappa shape index (κ3) is 1.95. The van der Waals surface area contributed by atoms with E-state index < -0.39 is 0 Å². The van der Waals surface area contributed by atoms with Crippen LogP contribution < -0.4 is 0 Å². The lowest BCUT2D eigenvalue weighted by Gasteiger charge is -2.24. The molecule has 1 aromatic heterocycles. The Labute approximate surface area is 74.0 Å². The van der Waals surface area contributed by atoms with E-state index in [0.717, 1.165) is 24.9 Å². The third-order valence-electron chi connectivity index (χ3n) is 1.56. The molecule has 1 saturated heterocycles. The fraction of sp³-hybridized carbons (Fsp3) is 0.571. The van der Waals surface area contributed by atoms with Crippen LogP contribution in [-0.2, 0) is 4.74 Å². The van der Waals surface area contributed by atoms with Crippen molar-refractivity contribution in [1.82, 2.24) is 4.98 Å². The maximum absolute atomic E-state index is 5.07. The fourth-order valence-corrected chi connectivity index (χ4v) is 2.56. The first-order valence-corrected chi connectivity index (χ1v) is 5.42. The van der Waals surface area contributed by atoms with E-state index in [-0.39, 0.29) is 0 Å². The summed E-state index contributed by atoms with van der Waals surface area (Å²) < 4.78 is 6.25. The molecular weight excluding hydrogens is 178 g/mol. The second-order valence-corrected chi connectivity index (χ2v) is 4.67. The average molecular weight is 187 g/mol. The molecule has 0 unspecified atom stereocenters. The number of thioether (sulfide) groups is 1. The van der Waals surface area contributed by atoms with Crippen LogP contribution in [0.15, 0.2) is 15.9 Å². The van der Waals surface area contributed by atoms with Gasteiger partial charge in [-0.2, -0.15) is 0 Å². The smallest absolute Gasteiger partial charge is 0.149 e. The summed E-state index contributed by atoms with van der Waals surface area (Å²) in [4.78, 5) is 4.19. The van der Waals surface area contributed by atoms with Crippen LogP contribution in [0.4, 0.5) is 0 Å². The zero-order valence-electron chi connectivity index (χ0n) is 6.03. The van der Waals surface area contributed by atoms with Crippen molar-refractivity contribution in [2.24, 2.45) is 5.92 Å². The van der Waals surface area contributed by atoms with Gasteiger partial charge >= 0.3 is 0 Å². The lowest BCUT2D eigenvalue weighted by molar-refractivity contribution is -0.0196. The molecule has 2 heterocycles. The van der Waals surface area contributed by atoms with Crippen LogP contribution >= 0.6 is 23.1 Å². The lowest BCUT2D eigenvalue weighted by atomic mass is 10.1. The van der Waals surface area contributed by atoms with Gasteiger partial charge in [-0.05, 0) is 0 Å². The minimum absolute atomic E-state index is 0.767. The molecule has 1 aliphatic rings. The van der Waals surface area contributed by atoms with Gasteiger partial charge in [0.15, 0.2) is 0 Å². The Morgan fingerprint density at radius 3 is 3.18 bits per heavy atom. The monoisotopic (exact) mass is 187 g/mol. The quantitative estimate of drug-likeness (QED) is 0.675. The van der Waals surface area contributed by atoms with E-state index in [4.69, 9.17) is 4.74 Å². The summed E-state index contributed by atoms with van der Waals surface area (Å²) >= 11 is 3.55. The van der Waals surface area contributed by atoms with Gasteiger partial charge in [0.05, 0.1) is 13.2 Å². The first-order valence-electron chi connectivity index (χ1n) is 3.55. The Morgan fingerprint density at radius 2 is 2.64 bits per heavy atom. The standard InChI is InChI=1S/C7H9NOS2/c1-2-10-7(8-1)11-5-6-3-9-4-6/h1-2,6H,3-5H2. The van der Waals surface area contributed by atoms with E-state index >= 15 is 0 Å². The number of nitrogens with zero attached hydrogens (tertiary/aromatic N) is 1. The molecule has 0 amide bonds.